The summed E-state index contributed by atoms with van der Waals surface area (Å²) in [6.07, 6.45) is 1.64. The molecule has 2 aliphatic heterocycles. The van der Waals surface area contributed by atoms with Gasteiger partial charge >= 0.3 is 5.97 Å². The quantitative estimate of drug-likeness (QED) is 0.382. The molecule has 9 heteroatoms. The lowest BCUT2D eigenvalue weighted by molar-refractivity contribution is -0.139. The highest BCUT2D eigenvalue weighted by Crippen LogP contribution is 2.36. The minimum Gasteiger partial charge on any atom is -0.463 e. The fourth-order valence-electron chi connectivity index (χ4n) is 4.64. The zero-order valence-electron chi connectivity index (χ0n) is 19.7. The first-order valence-corrected chi connectivity index (χ1v) is 12.6. The van der Waals surface area contributed by atoms with Crippen molar-refractivity contribution in [3.05, 3.63) is 108 Å². The second-order valence-corrected chi connectivity index (χ2v) is 9.63. The van der Waals surface area contributed by atoms with Crippen LogP contribution in [-0.2, 0) is 14.3 Å². The van der Waals surface area contributed by atoms with Crippen LogP contribution in [0.5, 0.6) is 0 Å². The summed E-state index contributed by atoms with van der Waals surface area (Å²) in [5.41, 5.74) is 2.52. The molecule has 36 heavy (non-hydrogen) atoms. The van der Waals surface area contributed by atoms with E-state index in [1.165, 1.54) is 4.57 Å². The highest BCUT2D eigenvalue weighted by Gasteiger charge is 2.37. The molecule has 1 amide bonds. The Balaban J connectivity index is 1.84. The molecule has 5 rings (SSSR count). The average molecular weight is 520 g/mol. The number of halogens is 1. The lowest BCUT2D eigenvalue weighted by Gasteiger charge is -2.25. The number of allylic oxidation sites excluding steroid dienone is 1. The molecule has 1 aromatic heterocycles. The van der Waals surface area contributed by atoms with Crippen LogP contribution in [0.25, 0.3) is 5.57 Å². The van der Waals surface area contributed by atoms with Crippen molar-refractivity contribution in [2.24, 2.45) is 4.99 Å². The van der Waals surface area contributed by atoms with Crippen molar-refractivity contribution in [3.8, 4) is 0 Å². The van der Waals surface area contributed by atoms with Gasteiger partial charge in [-0.2, -0.15) is 0 Å². The second-order valence-electron chi connectivity index (χ2n) is 8.24. The Morgan fingerprint density at radius 1 is 1.19 bits per heavy atom. The number of hydrogen-bond acceptors (Lipinski definition) is 6. The molecule has 0 aliphatic carbocycles. The van der Waals surface area contributed by atoms with Crippen LogP contribution < -0.4 is 19.8 Å². The molecule has 0 radical (unpaired) electrons. The monoisotopic (exact) mass is 519 g/mol. The summed E-state index contributed by atoms with van der Waals surface area (Å²) in [6.45, 7) is 7.66. The molecule has 0 fully saturated rings. The standard InChI is InChI=1S/C27H22ClN3O4S/c1-4-14-30-19-13-9-7-11-17(19)21(24(30)32)23-25(33)31-22(16-10-6-8-12-18(16)28)20(26(34)35-5-2)15(3)29-27(31)36-23/h4,6-13,22H,1,5,14H2,2-3H3. The van der Waals surface area contributed by atoms with Crippen molar-refractivity contribution in [2.45, 2.75) is 19.9 Å². The lowest BCUT2D eigenvalue weighted by Crippen LogP contribution is -2.41. The highest BCUT2D eigenvalue weighted by atomic mass is 35.5. The summed E-state index contributed by atoms with van der Waals surface area (Å²) in [7, 11) is 0. The van der Waals surface area contributed by atoms with Gasteiger partial charge < -0.3 is 9.64 Å². The maximum absolute atomic E-state index is 14.0. The number of rotatable bonds is 5. The number of ether oxygens (including phenoxy) is 1. The number of carbonyl (C=O) groups is 2. The van der Waals surface area contributed by atoms with Gasteiger partial charge in [-0.3, -0.25) is 14.2 Å². The predicted octanol–water partition coefficient (Wildman–Crippen LogP) is 3.35. The fourth-order valence-corrected chi connectivity index (χ4v) is 6.02. The van der Waals surface area contributed by atoms with Gasteiger partial charge in [0.25, 0.3) is 11.5 Å². The molecular weight excluding hydrogens is 498 g/mol. The number of fused-ring (bicyclic) bond motifs is 2. The van der Waals surface area contributed by atoms with E-state index in [2.05, 4.69) is 11.6 Å². The van der Waals surface area contributed by atoms with Gasteiger partial charge in [-0.1, -0.05) is 65.4 Å². The third-order valence-electron chi connectivity index (χ3n) is 6.15. The molecule has 2 aromatic carbocycles. The Morgan fingerprint density at radius 3 is 2.64 bits per heavy atom. The second kappa shape index (κ2) is 9.37. The van der Waals surface area contributed by atoms with Crippen molar-refractivity contribution in [1.29, 1.82) is 0 Å². The molecule has 0 saturated carbocycles. The van der Waals surface area contributed by atoms with Gasteiger partial charge in [0.2, 0.25) is 0 Å². The number of amides is 1. The van der Waals surface area contributed by atoms with Crippen molar-refractivity contribution in [1.82, 2.24) is 4.57 Å². The van der Waals surface area contributed by atoms with Crippen molar-refractivity contribution in [2.75, 3.05) is 18.1 Å². The number of benzene rings is 2. The van der Waals surface area contributed by atoms with Gasteiger partial charge in [0.1, 0.15) is 10.6 Å². The van der Waals surface area contributed by atoms with E-state index in [1.54, 1.807) is 49.1 Å². The molecule has 0 spiro atoms. The number of carbonyl (C=O) groups excluding carboxylic acids is 2. The van der Waals surface area contributed by atoms with Crippen LogP contribution in [-0.4, -0.2) is 29.6 Å². The van der Waals surface area contributed by atoms with Gasteiger partial charge in [-0.15, -0.1) is 6.58 Å². The van der Waals surface area contributed by atoms with Crippen molar-refractivity contribution < 1.29 is 14.3 Å². The lowest BCUT2D eigenvalue weighted by atomic mass is 9.96. The molecule has 3 heterocycles. The molecule has 7 nitrogen and oxygen atoms in total. The van der Waals surface area contributed by atoms with Crippen molar-refractivity contribution in [3.63, 3.8) is 0 Å². The highest BCUT2D eigenvalue weighted by molar-refractivity contribution is 7.07. The third kappa shape index (κ3) is 3.65. The smallest absolute Gasteiger partial charge is 0.338 e. The zero-order chi connectivity index (χ0) is 25.6. The maximum atomic E-state index is 14.0. The average Bonchev–Trinajstić information content (AvgIpc) is 3.32. The van der Waals surface area contributed by atoms with E-state index in [9.17, 15) is 14.4 Å². The minimum atomic E-state index is -0.848. The molecule has 1 unspecified atom stereocenters. The summed E-state index contributed by atoms with van der Waals surface area (Å²) >= 11 is 7.68. The first-order valence-electron chi connectivity index (χ1n) is 11.4. The molecular formula is C27H22ClN3O4S. The van der Waals surface area contributed by atoms with Crippen LogP contribution in [0.2, 0.25) is 5.02 Å². The number of hydrogen-bond donors (Lipinski definition) is 0. The van der Waals surface area contributed by atoms with E-state index >= 15 is 0 Å². The molecule has 0 bridgehead atoms. The summed E-state index contributed by atoms with van der Waals surface area (Å²) in [5.74, 6) is -0.849. The van der Waals surface area contributed by atoms with E-state index in [0.717, 1.165) is 11.3 Å². The minimum absolute atomic E-state index is 0.170. The zero-order valence-corrected chi connectivity index (χ0v) is 21.2. The number of aromatic nitrogens is 1. The molecule has 3 aromatic rings. The van der Waals surface area contributed by atoms with E-state index in [4.69, 9.17) is 16.3 Å². The SMILES string of the molecule is C=CCN1C(=O)C(=c2sc3n(c2=O)C(c2ccccc2Cl)C(C(=O)OCC)=C(C)N=3)c2ccccc21. The first kappa shape index (κ1) is 24.0. The summed E-state index contributed by atoms with van der Waals surface area (Å²) < 4.78 is 7.02. The van der Waals surface area contributed by atoms with E-state index in [1.807, 2.05) is 24.3 Å². The summed E-state index contributed by atoms with van der Waals surface area (Å²) in [4.78, 5) is 47.2. The van der Waals surface area contributed by atoms with Crippen LogP contribution in [0.3, 0.4) is 0 Å². The van der Waals surface area contributed by atoms with Gasteiger partial charge in [0, 0.05) is 17.1 Å². The Hall–Kier alpha value is -3.75. The molecule has 1 atom stereocenters. The van der Waals surface area contributed by atoms with Crippen LogP contribution in [0, 0.1) is 0 Å². The van der Waals surface area contributed by atoms with Crippen LogP contribution >= 0.6 is 22.9 Å². The Bertz CT molecular complexity index is 1650. The van der Waals surface area contributed by atoms with Gasteiger partial charge in [0.15, 0.2) is 4.80 Å². The normalized spacial score (nSPS) is 18.0. The maximum Gasteiger partial charge on any atom is 0.338 e. The Morgan fingerprint density at radius 2 is 1.92 bits per heavy atom. The topological polar surface area (TPSA) is 81.0 Å². The molecule has 0 N–H and O–H groups in total. The van der Waals surface area contributed by atoms with Crippen LogP contribution in [0.1, 0.15) is 31.0 Å². The van der Waals surface area contributed by atoms with Gasteiger partial charge in [-0.25, -0.2) is 9.79 Å². The Labute approximate surface area is 215 Å². The number of nitrogens with zero attached hydrogens (tertiary/aromatic N) is 3. The van der Waals surface area contributed by atoms with E-state index < -0.39 is 17.6 Å². The van der Waals surface area contributed by atoms with Gasteiger partial charge in [-0.05, 0) is 31.5 Å². The number of para-hydroxylation sites is 1. The first-order chi connectivity index (χ1) is 17.4. The number of thiazole rings is 1. The largest absolute Gasteiger partial charge is 0.463 e. The fraction of sp³-hybridized carbons (Fsp3) is 0.185. The predicted molar refractivity (Wildman–Crippen MR) is 140 cm³/mol. The molecule has 2 aliphatic rings. The molecule has 0 saturated heterocycles. The van der Waals surface area contributed by atoms with Gasteiger partial charge in [0.05, 0.1) is 29.1 Å². The summed E-state index contributed by atoms with van der Waals surface area (Å²) in [5, 5.41) is 0.400. The van der Waals surface area contributed by atoms with E-state index in [-0.39, 0.29) is 22.6 Å². The Kier molecular flexibility index (Phi) is 6.24. The molecule has 182 valence electrons. The van der Waals surface area contributed by atoms with E-state index in [0.29, 0.717) is 44.5 Å². The number of anilines is 1. The number of esters is 1. The third-order valence-corrected chi connectivity index (χ3v) is 7.55. The van der Waals surface area contributed by atoms with Crippen LogP contribution in [0.4, 0.5) is 5.69 Å². The van der Waals surface area contributed by atoms with Crippen molar-refractivity contribution >= 4 is 46.1 Å². The van der Waals surface area contributed by atoms with Crippen LogP contribution in [0.15, 0.2) is 82.2 Å². The summed E-state index contributed by atoms with van der Waals surface area (Å²) in [6, 6.07) is 13.5.